The maximum absolute atomic E-state index is 5.13. The van der Waals surface area contributed by atoms with Crippen LogP contribution in [0.2, 0.25) is 0 Å². The van der Waals surface area contributed by atoms with Crippen molar-refractivity contribution in [2.75, 3.05) is 41.5 Å². The van der Waals surface area contributed by atoms with Gasteiger partial charge in [-0.2, -0.15) is 0 Å². The number of ether oxygens (including phenoxy) is 4. The lowest BCUT2D eigenvalue weighted by Gasteiger charge is -2.15. The quantitative estimate of drug-likeness (QED) is 0.564. The summed E-state index contributed by atoms with van der Waals surface area (Å²) in [5.41, 5.74) is 2.45. The first-order chi connectivity index (χ1) is 10.7. The average molecular weight is 312 g/mol. The maximum atomic E-state index is 5.13. The van der Waals surface area contributed by atoms with Crippen molar-refractivity contribution >= 4 is 0 Å². The van der Waals surface area contributed by atoms with Crippen LogP contribution in [0.15, 0.2) is 24.3 Å². The number of methoxy groups -OCH3 is 4. The Kier molecular flexibility index (Phi) is 9.98. The summed E-state index contributed by atoms with van der Waals surface area (Å²) in [7, 11) is 6.54. The highest BCUT2D eigenvalue weighted by molar-refractivity contribution is 5.22. The second-order valence-corrected chi connectivity index (χ2v) is 4.88. The Morgan fingerprint density at radius 2 is 1.00 bits per heavy atom. The van der Waals surface area contributed by atoms with Gasteiger partial charge in [0.2, 0.25) is 0 Å². The number of hydrogen-bond donors (Lipinski definition) is 2. The minimum atomic E-state index is -0.210. The van der Waals surface area contributed by atoms with Gasteiger partial charge in [-0.1, -0.05) is 24.3 Å². The van der Waals surface area contributed by atoms with E-state index in [4.69, 9.17) is 18.9 Å². The fourth-order valence-electron chi connectivity index (χ4n) is 1.97. The van der Waals surface area contributed by atoms with Gasteiger partial charge in [0.25, 0.3) is 0 Å². The molecule has 22 heavy (non-hydrogen) atoms. The summed E-state index contributed by atoms with van der Waals surface area (Å²) < 4.78 is 20.5. The summed E-state index contributed by atoms with van der Waals surface area (Å²) in [5.74, 6) is 0. The normalized spacial score (nSPS) is 11.5. The molecule has 1 aromatic rings. The third-order valence-electron chi connectivity index (χ3n) is 3.35. The SMILES string of the molecule is COC(CNCc1ccc(CNCC(OC)OC)cc1)OC. The van der Waals surface area contributed by atoms with Crippen molar-refractivity contribution in [3.05, 3.63) is 35.4 Å². The molecule has 6 nitrogen and oxygen atoms in total. The second kappa shape index (κ2) is 11.5. The van der Waals surface area contributed by atoms with Crippen molar-refractivity contribution in [1.29, 1.82) is 0 Å². The van der Waals surface area contributed by atoms with Crippen LogP contribution in [0.4, 0.5) is 0 Å². The van der Waals surface area contributed by atoms with Crippen molar-refractivity contribution in [3.8, 4) is 0 Å². The summed E-state index contributed by atoms with van der Waals surface area (Å²) in [6, 6.07) is 8.46. The molecule has 126 valence electrons. The first-order valence-corrected chi connectivity index (χ1v) is 7.33. The van der Waals surface area contributed by atoms with Crippen LogP contribution in [0.3, 0.4) is 0 Å². The highest BCUT2D eigenvalue weighted by Gasteiger charge is 2.05. The molecule has 0 heterocycles. The van der Waals surface area contributed by atoms with Gasteiger partial charge in [0.1, 0.15) is 0 Å². The zero-order chi connectivity index (χ0) is 16.2. The van der Waals surface area contributed by atoms with E-state index in [0.717, 1.165) is 13.1 Å². The third kappa shape index (κ3) is 7.31. The fraction of sp³-hybridized carbons (Fsp3) is 0.625. The zero-order valence-corrected chi connectivity index (χ0v) is 13.9. The van der Waals surface area contributed by atoms with E-state index in [1.807, 2.05) is 0 Å². The van der Waals surface area contributed by atoms with Crippen molar-refractivity contribution in [3.63, 3.8) is 0 Å². The van der Waals surface area contributed by atoms with Gasteiger partial charge >= 0.3 is 0 Å². The number of nitrogens with one attached hydrogen (secondary N) is 2. The van der Waals surface area contributed by atoms with Crippen LogP contribution in [-0.4, -0.2) is 54.1 Å². The smallest absolute Gasteiger partial charge is 0.169 e. The summed E-state index contributed by atoms with van der Waals surface area (Å²) in [4.78, 5) is 0. The molecule has 0 radical (unpaired) electrons. The number of hydrogen-bond acceptors (Lipinski definition) is 6. The maximum Gasteiger partial charge on any atom is 0.169 e. The molecule has 0 aliphatic heterocycles. The minimum Gasteiger partial charge on any atom is -0.355 e. The molecule has 0 saturated carbocycles. The summed E-state index contributed by atoms with van der Waals surface area (Å²) >= 11 is 0. The number of rotatable bonds is 12. The van der Waals surface area contributed by atoms with E-state index in [2.05, 4.69) is 34.9 Å². The molecule has 0 aliphatic rings. The standard InChI is InChI=1S/C16H28N2O4/c1-19-15(20-2)11-17-9-13-5-7-14(8-6-13)10-18-12-16(21-3)22-4/h5-8,15-18H,9-12H2,1-4H3. The predicted molar refractivity (Wildman–Crippen MR) is 85.5 cm³/mol. The lowest BCUT2D eigenvalue weighted by molar-refractivity contribution is -0.0990. The molecule has 0 fully saturated rings. The molecule has 6 heteroatoms. The van der Waals surface area contributed by atoms with Gasteiger partial charge in [0.15, 0.2) is 12.6 Å². The highest BCUT2D eigenvalue weighted by Crippen LogP contribution is 2.04. The van der Waals surface area contributed by atoms with Gasteiger partial charge in [0.05, 0.1) is 0 Å². The fourth-order valence-corrected chi connectivity index (χ4v) is 1.97. The molecule has 0 spiro atoms. The Hall–Kier alpha value is -1.02. The molecular formula is C16H28N2O4. The van der Waals surface area contributed by atoms with Crippen LogP contribution in [0.5, 0.6) is 0 Å². The van der Waals surface area contributed by atoms with Crippen LogP contribution in [0.25, 0.3) is 0 Å². The highest BCUT2D eigenvalue weighted by atomic mass is 16.7. The Balaban J connectivity index is 2.27. The molecule has 0 unspecified atom stereocenters. The number of benzene rings is 1. The Morgan fingerprint density at radius 1 is 0.682 bits per heavy atom. The molecule has 0 saturated heterocycles. The topological polar surface area (TPSA) is 61.0 Å². The van der Waals surface area contributed by atoms with E-state index < -0.39 is 0 Å². The summed E-state index contributed by atoms with van der Waals surface area (Å²) in [5, 5.41) is 6.60. The van der Waals surface area contributed by atoms with Gasteiger partial charge in [-0.05, 0) is 11.1 Å². The molecule has 1 aromatic carbocycles. The largest absolute Gasteiger partial charge is 0.355 e. The van der Waals surface area contributed by atoms with Gasteiger partial charge in [-0.25, -0.2) is 0 Å². The first-order valence-electron chi connectivity index (χ1n) is 7.33. The van der Waals surface area contributed by atoms with Crippen LogP contribution in [0.1, 0.15) is 11.1 Å². The van der Waals surface area contributed by atoms with Gasteiger partial charge in [-0.15, -0.1) is 0 Å². The van der Waals surface area contributed by atoms with Crippen LogP contribution < -0.4 is 10.6 Å². The van der Waals surface area contributed by atoms with E-state index in [1.54, 1.807) is 28.4 Å². The molecule has 2 N–H and O–H groups in total. The summed E-state index contributed by atoms with van der Waals surface area (Å²) in [6.45, 7) is 2.89. The van der Waals surface area contributed by atoms with Crippen molar-refractivity contribution in [2.45, 2.75) is 25.7 Å². The van der Waals surface area contributed by atoms with E-state index in [1.165, 1.54) is 11.1 Å². The molecule has 0 amide bonds. The predicted octanol–water partition coefficient (Wildman–Crippen LogP) is 1.10. The Bertz CT molecular complexity index is 341. The van der Waals surface area contributed by atoms with Gasteiger partial charge in [0, 0.05) is 54.6 Å². The lowest BCUT2D eigenvalue weighted by Crippen LogP contribution is -2.29. The molecule has 0 aromatic heterocycles. The molecule has 0 bridgehead atoms. The van der Waals surface area contributed by atoms with E-state index >= 15 is 0 Å². The van der Waals surface area contributed by atoms with Crippen molar-refractivity contribution in [2.24, 2.45) is 0 Å². The molecule has 0 aliphatic carbocycles. The summed E-state index contributed by atoms with van der Waals surface area (Å²) in [6.07, 6.45) is -0.420. The van der Waals surface area contributed by atoms with Crippen molar-refractivity contribution < 1.29 is 18.9 Å². The van der Waals surface area contributed by atoms with E-state index in [-0.39, 0.29) is 12.6 Å². The van der Waals surface area contributed by atoms with Crippen LogP contribution in [0, 0.1) is 0 Å². The molecule has 0 atom stereocenters. The van der Waals surface area contributed by atoms with Gasteiger partial charge < -0.3 is 29.6 Å². The molecular weight excluding hydrogens is 284 g/mol. The second-order valence-electron chi connectivity index (χ2n) is 4.88. The van der Waals surface area contributed by atoms with Crippen LogP contribution >= 0.6 is 0 Å². The monoisotopic (exact) mass is 312 g/mol. The molecule has 1 rings (SSSR count). The zero-order valence-electron chi connectivity index (χ0n) is 13.9. The lowest BCUT2D eigenvalue weighted by atomic mass is 10.1. The Labute approximate surface area is 133 Å². The van der Waals surface area contributed by atoms with Crippen LogP contribution in [-0.2, 0) is 32.0 Å². The average Bonchev–Trinajstić information content (AvgIpc) is 2.57. The minimum absolute atomic E-state index is 0.210. The van der Waals surface area contributed by atoms with Gasteiger partial charge in [-0.3, -0.25) is 0 Å². The van der Waals surface area contributed by atoms with E-state index in [0.29, 0.717) is 13.1 Å². The van der Waals surface area contributed by atoms with Crippen molar-refractivity contribution in [1.82, 2.24) is 10.6 Å². The first kappa shape index (κ1) is 19.0. The third-order valence-corrected chi connectivity index (χ3v) is 3.35. The Morgan fingerprint density at radius 3 is 1.27 bits per heavy atom. The van der Waals surface area contributed by atoms with E-state index in [9.17, 15) is 0 Å².